The topological polar surface area (TPSA) is 46.6 Å². The molecule has 2 aromatic carbocycles. The molecule has 0 radical (unpaired) electrons. The number of hydrogen-bond donors (Lipinski definition) is 0. The maximum Gasteiger partial charge on any atom is 0.341 e. The highest BCUT2D eigenvalue weighted by Crippen LogP contribution is 2.41. The van der Waals surface area contributed by atoms with Gasteiger partial charge >= 0.3 is 5.97 Å². The van der Waals surface area contributed by atoms with Crippen LogP contribution in [-0.4, -0.2) is 24.5 Å². The second-order valence-electron chi connectivity index (χ2n) is 8.25. The van der Waals surface area contributed by atoms with Crippen molar-refractivity contribution in [2.45, 2.75) is 52.0 Å². The Labute approximate surface area is 193 Å². The van der Waals surface area contributed by atoms with E-state index in [2.05, 4.69) is 0 Å². The lowest BCUT2D eigenvalue weighted by molar-refractivity contribution is 0.0527. The molecule has 166 valence electrons. The number of thiophene rings is 1. The Morgan fingerprint density at radius 1 is 1.00 bits per heavy atom. The average molecular weight is 448 g/mol. The van der Waals surface area contributed by atoms with E-state index in [0.29, 0.717) is 22.7 Å². The van der Waals surface area contributed by atoms with Crippen LogP contribution in [0.1, 0.15) is 65.3 Å². The minimum Gasteiger partial charge on any atom is -0.462 e. The number of carbonyl (C=O) groups excluding carboxylic acids is 2. The van der Waals surface area contributed by atoms with Crippen molar-refractivity contribution in [3.63, 3.8) is 0 Å². The predicted octanol–water partition coefficient (Wildman–Crippen LogP) is 6.88. The summed E-state index contributed by atoms with van der Waals surface area (Å²) >= 11 is 1.50. The molecule has 1 fully saturated rings. The van der Waals surface area contributed by atoms with Crippen LogP contribution in [-0.2, 0) is 4.74 Å². The smallest absolute Gasteiger partial charge is 0.341 e. The average Bonchev–Trinajstić information content (AvgIpc) is 3.26. The molecule has 0 spiro atoms. The zero-order valence-corrected chi connectivity index (χ0v) is 19.5. The molecule has 32 heavy (non-hydrogen) atoms. The Morgan fingerprint density at radius 3 is 2.34 bits per heavy atom. The van der Waals surface area contributed by atoms with Crippen molar-refractivity contribution >= 4 is 28.2 Å². The Morgan fingerprint density at radius 2 is 1.69 bits per heavy atom. The summed E-state index contributed by atoms with van der Waals surface area (Å²) in [6, 6.07) is 19.6. The molecule has 1 amide bonds. The molecule has 1 aliphatic rings. The zero-order valence-electron chi connectivity index (χ0n) is 18.7. The van der Waals surface area contributed by atoms with Gasteiger partial charge in [0.1, 0.15) is 5.00 Å². The first-order valence-corrected chi connectivity index (χ1v) is 12.2. The second-order valence-corrected chi connectivity index (χ2v) is 9.28. The predicted molar refractivity (Wildman–Crippen MR) is 131 cm³/mol. The quantitative estimate of drug-likeness (QED) is 0.387. The largest absolute Gasteiger partial charge is 0.462 e. The van der Waals surface area contributed by atoms with Gasteiger partial charge in [-0.2, -0.15) is 0 Å². The van der Waals surface area contributed by atoms with E-state index in [9.17, 15) is 9.59 Å². The van der Waals surface area contributed by atoms with Crippen molar-refractivity contribution < 1.29 is 14.3 Å². The van der Waals surface area contributed by atoms with E-state index in [1.54, 1.807) is 6.92 Å². The monoisotopic (exact) mass is 447 g/mol. The lowest BCUT2D eigenvalue weighted by Gasteiger charge is -2.34. The molecule has 0 aliphatic heterocycles. The molecule has 3 aromatic rings. The van der Waals surface area contributed by atoms with E-state index in [1.807, 2.05) is 72.5 Å². The number of nitrogens with zero attached hydrogens (tertiary/aromatic N) is 1. The summed E-state index contributed by atoms with van der Waals surface area (Å²) < 4.78 is 5.39. The van der Waals surface area contributed by atoms with Gasteiger partial charge in [-0.3, -0.25) is 9.69 Å². The summed E-state index contributed by atoms with van der Waals surface area (Å²) in [5.74, 6) is -0.428. The molecule has 1 aliphatic carbocycles. The van der Waals surface area contributed by atoms with E-state index >= 15 is 0 Å². The minimum atomic E-state index is -0.376. The fourth-order valence-electron chi connectivity index (χ4n) is 4.26. The fraction of sp³-hybridized carbons (Fsp3) is 0.333. The lowest BCUT2D eigenvalue weighted by Crippen LogP contribution is -2.42. The summed E-state index contributed by atoms with van der Waals surface area (Å²) in [5.41, 5.74) is 3.26. The number of amides is 1. The van der Waals surface area contributed by atoms with Crippen LogP contribution in [0, 0.1) is 6.92 Å². The van der Waals surface area contributed by atoms with Gasteiger partial charge in [-0.25, -0.2) is 4.79 Å². The second kappa shape index (κ2) is 10.1. The van der Waals surface area contributed by atoms with E-state index in [-0.39, 0.29) is 17.9 Å². The third-order valence-electron chi connectivity index (χ3n) is 5.94. The first-order valence-electron chi connectivity index (χ1n) is 11.3. The van der Waals surface area contributed by atoms with Gasteiger partial charge in [0.25, 0.3) is 5.91 Å². The van der Waals surface area contributed by atoms with Gasteiger partial charge < -0.3 is 4.74 Å². The van der Waals surface area contributed by atoms with Gasteiger partial charge in [-0.1, -0.05) is 67.3 Å². The summed E-state index contributed by atoms with van der Waals surface area (Å²) in [5, 5.41) is 0.694. The van der Waals surface area contributed by atoms with Crippen LogP contribution in [0.2, 0.25) is 0 Å². The van der Waals surface area contributed by atoms with E-state index in [0.717, 1.165) is 41.7 Å². The first-order chi connectivity index (χ1) is 15.6. The molecule has 5 heteroatoms. The number of anilines is 1. The van der Waals surface area contributed by atoms with E-state index in [4.69, 9.17) is 4.74 Å². The highest BCUT2D eigenvalue weighted by Gasteiger charge is 2.33. The number of carbonyl (C=O) groups is 2. The van der Waals surface area contributed by atoms with Crippen molar-refractivity contribution in [1.82, 2.24) is 0 Å². The lowest BCUT2D eigenvalue weighted by atomic mass is 9.93. The van der Waals surface area contributed by atoms with Crippen LogP contribution in [0.4, 0.5) is 5.00 Å². The number of esters is 1. The number of ether oxygens (including phenoxy) is 1. The molecular weight excluding hydrogens is 418 g/mol. The van der Waals surface area contributed by atoms with Crippen molar-refractivity contribution in [2.24, 2.45) is 0 Å². The van der Waals surface area contributed by atoms with Gasteiger partial charge in [0.05, 0.1) is 12.2 Å². The summed E-state index contributed by atoms with van der Waals surface area (Å²) in [6.07, 6.45) is 5.26. The molecule has 0 unspecified atom stereocenters. The van der Waals surface area contributed by atoms with Crippen LogP contribution in [0.15, 0.2) is 60.7 Å². The normalized spacial score (nSPS) is 14.2. The van der Waals surface area contributed by atoms with Crippen LogP contribution in [0.3, 0.4) is 0 Å². The maximum absolute atomic E-state index is 13.8. The third kappa shape index (κ3) is 4.78. The van der Waals surface area contributed by atoms with Crippen molar-refractivity contribution in [3.8, 4) is 10.4 Å². The third-order valence-corrected chi connectivity index (χ3v) is 7.13. The molecule has 1 heterocycles. The van der Waals surface area contributed by atoms with Crippen molar-refractivity contribution in [2.75, 3.05) is 11.5 Å². The number of rotatable bonds is 6. The Kier molecular flexibility index (Phi) is 7.05. The molecule has 0 N–H and O–H groups in total. The molecule has 1 aromatic heterocycles. The Hall–Kier alpha value is -2.92. The number of benzene rings is 2. The van der Waals surface area contributed by atoms with Gasteiger partial charge in [-0.05, 0) is 50.5 Å². The van der Waals surface area contributed by atoms with Crippen molar-refractivity contribution in [1.29, 1.82) is 0 Å². The molecular formula is C27H29NO3S. The molecule has 0 saturated heterocycles. The molecule has 0 atom stereocenters. The van der Waals surface area contributed by atoms with E-state index < -0.39 is 0 Å². The van der Waals surface area contributed by atoms with Crippen LogP contribution < -0.4 is 4.90 Å². The van der Waals surface area contributed by atoms with Gasteiger partial charge in [-0.15, -0.1) is 11.3 Å². The molecule has 4 nitrogen and oxygen atoms in total. The first kappa shape index (κ1) is 22.3. The zero-order chi connectivity index (χ0) is 22.5. The minimum absolute atomic E-state index is 0.0519. The highest BCUT2D eigenvalue weighted by atomic mass is 32.1. The summed E-state index contributed by atoms with van der Waals surface area (Å²) in [6.45, 7) is 4.11. The van der Waals surface area contributed by atoms with E-state index in [1.165, 1.54) is 17.8 Å². The standard InChI is InChI=1S/C27H29NO3S/c1-3-31-27(30)23-18-24(20-10-6-4-7-11-20)32-26(23)28(22-12-8-5-9-13-22)25(29)21-16-14-19(2)15-17-21/h4,6-7,10-11,14-18,22H,3,5,8-9,12-13H2,1-2H3. The maximum atomic E-state index is 13.8. The summed E-state index contributed by atoms with van der Waals surface area (Å²) in [4.78, 5) is 29.6. The summed E-state index contributed by atoms with van der Waals surface area (Å²) in [7, 11) is 0. The van der Waals surface area contributed by atoms with Crippen LogP contribution >= 0.6 is 11.3 Å². The highest BCUT2D eigenvalue weighted by molar-refractivity contribution is 7.20. The van der Waals surface area contributed by atoms with Crippen LogP contribution in [0.25, 0.3) is 10.4 Å². The Bertz CT molecular complexity index is 1070. The van der Waals surface area contributed by atoms with Crippen LogP contribution in [0.5, 0.6) is 0 Å². The van der Waals surface area contributed by atoms with Gasteiger partial charge in [0, 0.05) is 16.5 Å². The van der Waals surface area contributed by atoms with Crippen molar-refractivity contribution in [3.05, 3.63) is 77.4 Å². The molecule has 4 rings (SSSR count). The SMILES string of the molecule is CCOC(=O)c1cc(-c2ccccc2)sc1N(C(=O)c1ccc(C)cc1)C1CCCCC1. The van der Waals surface area contributed by atoms with Gasteiger partial charge in [0.15, 0.2) is 0 Å². The Balaban J connectivity index is 1.83. The van der Waals surface area contributed by atoms with Gasteiger partial charge in [0.2, 0.25) is 0 Å². The number of hydrogen-bond acceptors (Lipinski definition) is 4. The number of aryl methyl sites for hydroxylation is 1. The molecule has 1 saturated carbocycles. The molecule has 0 bridgehead atoms. The fourth-order valence-corrected chi connectivity index (χ4v) is 5.48.